The van der Waals surface area contributed by atoms with Gasteiger partial charge >= 0.3 is 5.97 Å². The largest absolute Gasteiger partial charge is 0.496 e. The molecule has 0 fully saturated rings. The predicted octanol–water partition coefficient (Wildman–Crippen LogP) is 3.05. The minimum atomic E-state index is -0.512. The van der Waals surface area contributed by atoms with Crippen LogP contribution in [0.5, 0.6) is 11.5 Å². The van der Waals surface area contributed by atoms with Gasteiger partial charge in [-0.2, -0.15) is 0 Å². The number of carbonyl (C=O) groups excluding carboxylic acids is 1. The van der Waals surface area contributed by atoms with E-state index in [0.29, 0.717) is 23.7 Å². The van der Waals surface area contributed by atoms with Crippen molar-refractivity contribution >= 4 is 23.0 Å². The highest BCUT2D eigenvalue weighted by atomic mass is 32.1. The SMILES string of the molecule is COC(=O)c1csc(COCCOc2cc(OC)cc([N+](=O)[O-])c2)c1. The third-order valence-electron chi connectivity index (χ3n) is 3.13. The molecule has 0 N–H and O–H groups in total. The van der Waals surface area contributed by atoms with E-state index in [9.17, 15) is 14.9 Å². The number of esters is 1. The Morgan fingerprint density at radius 3 is 2.60 bits per heavy atom. The molecule has 0 saturated heterocycles. The van der Waals surface area contributed by atoms with Gasteiger partial charge in [0.1, 0.15) is 18.1 Å². The number of rotatable bonds is 9. The Bertz CT molecular complexity index is 744. The summed E-state index contributed by atoms with van der Waals surface area (Å²) in [6.07, 6.45) is 0. The molecule has 2 aromatic rings. The van der Waals surface area contributed by atoms with Gasteiger partial charge < -0.3 is 18.9 Å². The number of thiophene rings is 1. The van der Waals surface area contributed by atoms with Gasteiger partial charge in [0.2, 0.25) is 0 Å². The predicted molar refractivity (Wildman–Crippen MR) is 90.5 cm³/mol. The first-order valence-corrected chi connectivity index (χ1v) is 8.11. The summed E-state index contributed by atoms with van der Waals surface area (Å²) in [5, 5.41) is 12.6. The molecule has 0 unspecified atom stereocenters. The average Bonchev–Trinajstić information content (AvgIpc) is 3.09. The fourth-order valence-corrected chi connectivity index (χ4v) is 2.72. The summed E-state index contributed by atoms with van der Waals surface area (Å²) in [5.74, 6) is 0.295. The fourth-order valence-electron chi connectivity index (χ4n) is 1.94. The molecule has 0 radical (unpaired) electrons. The highest BCUT2D eigenvalue weighted by Crippen LogP contribution is 2.27. The number of methoxy groups -OCH3 is 2. The number of non-ortho nitro benzene ring substituents is 1. The molecular weight excluding hydrogens is 350 g/mol. The van der Waals surface area contributed by atoms with Crippen molar-refractivity contribution in [3.8, 4) is 11.5 Å². The van der Waals surface area contributed by atoms with E-state index in [1.54, 1.807) is 17.5 Å². The summed E-state index contributed by atoms with van der Waals surface area (Å²) >= 11 is 1.40. The summed E-state index contributed by atoms with van der Waals surface area (Å²) in [6.45, 7) is 0.847. The topological polar surface area (TPSA) is 97.1 Å². The smallest absolute Gasteiger partial charge is 0.338 e. The van der Waals surface area contributed by atoms with Crippen molar-refractivity contribution in [3.63, 3.8) is 0 Å². The lowest BCUT2D eigenvalue weighted by atomic mass is 10.3. The zero-order valence-corrected chi connectivity index (χ0v) is 14.5. The van der Waals surface area contributed by atoms with E-state index < -0.39 is 4.92 Å². The second-order valence-corrected chi connectivity index (χ2v) is 5.81. The summed E-state index contributed by atoms with van der Waals surface area (Å²) in [6, 6.07) is 5.92. The average molecular weight is 367 g/mol. The molecule has 0 aliphatic heterocycles. The van der Waals surface area contributed by atoms with E-state index in [1.165, 1.54) is 37.7 Å². The van der Waals surface area contributed by atoms with Crippen LogP contribution in [0.2, 0.25) is 0 Å². The number of hydrogen-bond donors (Lipinski definition) is 0. The van der Waals surface area contributed by atoms with Crippen molar-refractivity contribution in [1.29, 1.82) is 0 Å². The van der Waals surface area contributed by atoms with E-state index in [-0.39, 0.29) is 24.9 Å². The Hall–Kier alpha value is -2.65. The highest BCUT2D eigenvalue weighted by Gasteiger charge is 2.11. The Kier molecular flexibility index (Phi) is 6.72. The lowest BCUT2D eigenvalue weighted by Crippen LogP contribution is -2.06. The van der Waals surface area contributed by atoms with Crippen molar-refractivity contribution in [2.45, 2.75) is 6.61 Å². The Morgan fingerprint density at radius 2 is 1.92 bits per heavy atom. The molecular formula is C16H17NO7S. The molecule has 1 aromatic carbocycles. The first-order chi connectivity index (χ1) is 12.0. The summed E-state index contributed by atoms with van der Waals surface area (Å²) < 4.78 is 20.6. The van der Waals surface area contributed by atoms with Gasteiger partial charge in [-0.1, -0.05) is 0 Å². The van der Waals surface area contributed by atoms with Crippen molar-refractivity contribution in [3.05, 3.63) is 50.2 Å². The van der Waals surface area contributed by atoms with Gasteiger partial charge in [0.15, 0.2) is 0 Å². The molecule has 0 amide bonds. The van der Waals surface area contributed by atoms with Gasteiger partial charge in [-0.25, -0.2) is 4.79 Å². The van der Waals surface area contributed by atoms with Crippen LogP contribution in [0.1, 0.15) is 15.2 Å². The first-order valence-electron chi connectivity index (χ1n) is 7.23. The number of hydrogen-bond acceptors (Lipinski definition) is 8. The molecule has 25 heavy (non-hydrogen) atoms. The zero-order chi connectivity index (χ0) is 18.2. The molecule has 0 bridgehead atoms. The van der Waals surface area contributed by atoms with Gasteiger partial charge in [-0.15, -0.1) is 11.3 Å². The third-order valence-corrected chi connectivity index (χ3v) is 4.04. The van der Waals surface area contributed by atoms with Gasteiger partial charge in [0, 0.05) is 16.3 Å². The van der Waals surface area contributed by atoms with Gasteiger partial charge in [-0.05, 0) is 6.07 Å². The van der Waals surface area contributed by atoms with Crippen LogP contribution in [0.3, 0.4) is 0 Å². The van der Waals surface area contributed by atoms with Crippen LogP contribution in [0.15, 0.2) is 29.6 Å². The van der Waals surface area contributed by atoms with Gasteiger partial charge in [0.25, 0.3) is 5.69 Å². The van der Waals surface area contributed by atoms with E-state index in [2.05, 4.69) is 4.74 Å². The van der Waals surface area contributed by atoms with Crippen molar-refractivity contribution in [1.82, 2.24) is 0 Å². The van der Waals surface area contributed by atoms with Crippen LogP contribution in [-0.2, 0) is 16.1 Å². The van der Waals surface area contributed by atoms with Crippen molar-refractivity contribution in [2.24, 2.45) is 0 Å². The van der Waals surface area contributed by atoms with Crippen LogP contribution in [0.4, 0.5) is 5.69 Å². The Morgan fingerprint density at radius 1 is 1.16 bits per heavy atom. The molecule has 0 saturated carbocycles. The maximum absolute atomic E-state index is 11.4. The third kappa shape index (κ3) is 5.44. The summed E-state index contributed by atoms with van der Waals surface area (Å²) in [7, 11) is 2.76. The quantitative estimate of drug-likeness (QED) is 0.291. The van der Waals surface area contributed by atoms with Gasteiger partial charge in [-0.3, -0.25) is 10.1 Å². The van der Waals surface area contributed by atoms with E-state index >= 15 is 0 Å². The molecule has 9 heteroatoms. The molecule has 8 nitrogen and oxygen atoms in total. The van der Waals surface area contributed by atoms with Crippen molar-refractivity contribution < 1.29 is 28.7 Å². The summed E-state index contributed by atoms with van der Waals surface area (Å²) in [4.78, 5) is 22.6. The zero-order valence-electron chi connectivity index (χ0n) is 13.7. The minimum Gasteiger partial charge on any atom is -0.496 e. The monoisotopic (exact) mass is 367 g/mol. The molecule has 2 rings (SSSR count). The molecule has 0 spiro atoms. The van der Waals surface area contributed by atoms with Gasteiger partial charge in [0.05, 0.1) is 50.1 Å². The van der Waals surface area contributed by atoms with Crippen LogP contribution in [-0.4, -0.2) is 38.3 Å². The normalized spacial score (nSPS) is 10.3. The fraction of sp³-hybridized carbons (Fsp3) is 0.312. The van der Waals surface area contributed by atoms with Crippen LogP contribution >= 0.6 is 11.3 Å². The summed E-state index contributed by atoms with van der Waals surface area (Å²) in [5.41, 5.74) is 0.384. The van der Waals surface area contributed by atoms with Crippen LogP contribution in [0.25, 0.3) is 0 Å². The molecule has 1 aromatic heterocycles. The maximum atomic E-state index is 11.4. The van der Waals surface area contributed by atoms with E-state index in [4.69, 9.17) is 14.2 Å². The molecule has 0 aliphatic carbocycles. The number of nitro groups is 1. The number of ether oxygens (including phenoxy) is 4. The highest BCUT2D eigenvalue weighted by molar-refractivity contribution is 7.10. The Balaban J connectivity index is 1.79. The number of nitro benzene ring substituents is 1. The molecule has 0 atom stereocenters. The molecule has 0 aliphatic rings. The standard InChI is InChI=1S/C16H17NO7S/c1-21-13-6-12(17(19)20)7-14(8-13)24-4-3-23-9-15-5-11(10-25-15)16(18)22-2/h5-8,10H,3-4,9H2,1-2H3. The lowest BCUT2D eigenvalue weighted by Gasteiger charge is -2.08. The second-order valence-electron chi connectivity index (χ2n) is 4.82. The van der Waals surface area contributed by atoms with Crippen molar-refractivity contribution in [2.75, 3.05) is 27.4 Å². The minimum absolute atomic E-state index is 0.107. The van der Waals surface area contributed by atoms with E-state index in [0.717, 1.165) is 4.88 Å². The number of carbonyl (C=O) groups is 1. The van der Waals surface area contributed by atoms with Crippen LogP contribution < -0.4 is 9.47 Å². The van der Waals surface area contributed by atoms with E-state index in [1.807, 2.05) is 0 Å². The first kappa shape index (κ1) is 18.7. The van der Waals surface area contributed by atoms with Crippen LogP contribution in [0, 0.1) is 10.1 Å². The number of benzene rings is 1. The lowest BCUT2D eigenvalue weighted by molar-refractivity contribution is -0.385. The molecule has 134 valence electrons. The number of nitrogens with zero attached hydrogens (tertiary/aromatic N) is 1. The second kappa shape index (κ2) is 9.00. The molecule has 1 heterocycles. The maximum Gasteiger partial charge on any atom is 0.338 e. The Labute approximate surface area is 148 Å².